The van der Waals surface area contributed by atoms with E-state index in [4.69, 9.17) is 4.74 Å². The summed E-state index contributed by atoms with van der Waals surface area (Å²) in [5.74, 6) is 0.0957. The topological polar surface area (TPSA) is 70.1 Å². The van der Waals surface area contributed by atoms with Crippen LogP contribution in [0.2, 0.25) is 0 Å². The van der Waals surface area contributed by atoms with Crippen LogP contribution in [0.4, 0.5) is 0 Å². The first-order valence-corrected chi connectivity index (χ1v) is 8.25. The predicted octanol–water partition coefficient (Wildman–Crippen LogP) is 0.637. The summed E-state index contributed by atoms with van der Waals surface area (Å²) in [6.07, 6.45) is 5.02. The summed E-state index contributed by atoms with van der Waals surface area (Å²) in [6, 6.07) is 0. The molecule has 2 rings (SSSR count). The highest BCUT2D eigenvalue weighted by molar-refractivity contribution is 5.86. The van der Waals surface area contributed by atoms with Crippen molar-refractivity contribution in [3.8, 4) is 0 Å². The van der Waals surface area contributed by atoms with E-state index in [1.54, 1.807) is 12.0 Å². The number of likely N-dealkylation sites (tertiary alicyclic amines) is 2. The van der Waals surface area contributed by atoms with Crippen LogP contribution in [0.25, 0.3) is 0 Å². The third-order valence-electron chi connectivity index (χ3n) is 4.90. The van der Waals surface area contributed by atoms with Gasteiger partial charge in [0.15, 0.2) is 0 Å². The van der Waals surface area contributed by atoms with Gasteiger partial charge in [0.25, 0.3) is 0 Å². The standard InChI is InChI=1S/C16H28N2O4/c1-22-10-4-7-16(13-19)6-3-9-18(12-16)15(21)11-17-8-2-5-14(17)20/h19H,2-13H2,1H3. The average molecular weight is 312 g/mol. The second-order valence-electron chi connectivity index (χ2n) is 6.59. The van der Waals surface area contributed by atoms with Crippen molar-refractivity contribution in [2.75, 3.05) is 46.5 Å². The lowest BCUT2D eigenvalue weighted by atomic mass is 9.77. The molecule has 1 unspecified atom stereocenters. The maximum atomic E-state index is 12.5. The van der Waals surface area contributed by atoms with Crippen LogP contribution in [0.15, 0.2) is 0 Å². The van der Waals surface area contributed by atoms with Gasteiger partial charge in [-0.2, -0.15) is 0 Å². The molecule has 2 fully saturated rings. The third kappa shape index (κ3) is 4.20. The first kappa shape index (κ1) is 17.2. The predicted molar refractivity (Wildman–Crippen MR) is 82.3 cm³/mol. The molecular formula is C16H28N2O4. The third-order valence-corrected chi connectivity index (χ3v) is 4.90. The van der Waals surface area contributed by atoms with E-state index in [9.17, 15) is 14.7 Å². The molecule has 0 radical (unpaired) electrons. The van der Waals surface area contributed by atoms with Crippen LogP contribution in [0, 0.1) is 5.41 Å². The zero-order valence-corrected chi connectivity index (χ0v) is 13.6. The van der Waals surface area contributed by atoms with Crippen LogP contribution in [-0.2, 0) is 14.3 Å². The zero-order valence-electron chi connectivity index (χ0n) is 13.6. The van der Waals surface area contributed by atoms with E-state index in [1.165, 1.54) is 0 Å². The van der Waals surface area contributed by atoms with E-state index < -0.39 is 0 Å². The van der Waals surface area contributed by atoms with Crippen LogP contribution < -0.4 is 0 Å². The summed E-state index contributed by atoms with van der Waals surface area (Å²) < 4.78 is 5.09. The first-order valence-electron chi connectivity index (χ1n) is 8.25. The summed E-state index contributed by atoms with van der Waals surface area (Å²) in [5, 5.41) is 9.82. The molecule has 0 aromatic carbocycles. The molecule has 0 aromatic rings. The van der Waals surface area contributed by atoms with E-state index in [-0.39, 0.29) is 30.4 Å². The molecule has 2 aliphatic rings. The maximum Gasteiger partial charge on any atom is 0.242 e. The van der Waals surface area contributed by atoms with Crippen LogP contribution in [0.1, 0.15) is 38.5 Å². The van der Waals surface area contributed by atoms with Gasteiger partial charge < -0.3 is 19.6 Å². The molecule has 0 bridgehead atoms. The van der Waals surface area contributed by atoms with Gasteiger partial charge in [-0.1, -0.05) is 0 Å². The summed E-state index contributed by atoms with van der Waals surface area (Å²) in [5.41, 5.74) is -0.207. The van der Waals surface area contributed by atoms with Gasteiger partial charge in [0.2, 0.25) is 11.8 Å². The molecule has 2 amide bonds. The lowest BCUT2D eigenvalue weighted by Crippen LogP contribution is -2.50. The highest BCUT2D eigenvalue weighted by Gasteiger charge is 2.37. The SMILES string of the molecule is COCCCC1(CO)CCCN(C(=O)CN2CCCC2=O)C1. The Morgan fingerprint density at radius 3 is 2.82 bits per heavy atom. The van der Waals surface area contributed by atoms with E-state index in [1.807, 2.05) is 4.90 Å². The van der Waals surface area contributed by atoms with Crippen molar-refractivity contribution in [1.29, 1.82) is 0 Å². The molecule has 2 aliphatic heterocycles. The highest BCUT2D eigenvalue weighted by Crippen LogP contribution is 2.34. The zero-order chi connectivity index (χ0) is 16.0. The van der Waals surface area contributed by atoms with Gasteiger partial charge in [0, 0.05) is 45.2 Å². The van der Waals surface area contributed by atoms with Crippen molar-refractivity contribution < 1.29 is 19.4 Å². The van der Waals surface area contributed by atoms with Gasteiger partial charge in [-0.05, 0) is 32.1 Å². The lowest BCUT2D eigenvalue weighted by molar-refractivity contribution is -0.141. The van der Waals surface area contributed by atoms with E-state index in [0.717, 1.165) is 38.6 Å². The Kier molecular flexibility index (Phi) is 6.20. The van der Waals surface area contributed by atoms with Gasteiger partial charge in [-0.25, -0.2) is 0 Å². The number of aliphatic hydroxyl groups excluding tert-OH is 1. The van der Waals surface area contributed by atoms with E-state index >= 15 is 0 Å². The monoisotopic (exact) mass is 312 g/mol. The number of rotatable bonds is 7. The van der Waals surface area contributed by atoms with Crippen LogP contribution in [0.3, 0.4) is 0 Å². The molecule has 1 atom stereocenters. The average Bonchev–Trinajstić information content (AvgIpc) is 2.93. The highest BCUT2D eigenvalue weighted by atomic mass is 16.5. The molecule has 126 valence electrons. The molecule has 6 heteroatoms. The number of ether oxygens (including phenoxy) is 1. The molecule has 0 aliphatic carbocycles. The number of piperidine rings is 1. The fourth-order valence-electron chi connectivity index (χ4n) is 3.56. The van der Waals surface area contributed by atoms with Gasteiger partial charge >= 0.3 is 0 Å². The smallest absolute Gasteiger partial charge is 0.242 e. The van der Waals surface area contributed by atoms with Gasteiger partial charge in [-0.15, -0.1) is 0 Å². The molecular weight excluding hydrogens is 284 g/mol. The van der Waals surface area contributed by atoms with Crippen LogP contribution >= 0.6 is 0 Å². The number of nitrogens with zero attached hydrogens (tertiary/aromatic N) is 2. The summed E-state index contributed by atoms with van der Waals surface area (Å²) in [7, 11) is 1.68. The van der Waals surface area contributed by atoms with Crippen molar-refractivity contribution >= 4 is 11.8 Å². The van der Waals surface area contributed by atoms with Crippen molar-refractivity contribution in [3.63, 3.8) is 0 Å². The normalized spacial score (nSPS) is 25.8. The fourth-order valence-corrected chi connectivity index (χ4v) is 3.56. The number of hydrogen-bond donors (Lipinski definition) is 1. The number of carbonyl (C=O) groups excluding carboxylic acids is 2. The second kappa shape index (κ2) is 7.92. The van der Waals surface area contributed by atoms with E-state index in [2.05, 4.69) is 0 Å². The Morgan fingerprint density at radius 2 is 2.18 bits per heavy atom. The Morgan fingerprint density at radius 1 is 1.36 bits per heavy atom. The molecule has 0 saturated carbocycles. The summed E-state index contributed by atoms with van der Waals surface area (Å²) >= 11 is 0. The largest absolute Gasteiger partial charge is 0.396 e. The van der Waals surface area contributed by atoms with Crippen molar-refractivity contribution in [1.82, 2.24) is 9.80 Å². The van der Waals surface area contributed by atoms with Gasteiger partial charge in [-0.3, -0.25) is 9.59 Å². The number of methoxy groups -OCH3 is 1. The quantitative estimate of drug-likeness (QED) is 0.700. The number of amides is 2. The number of carbonyl (C=O) groups is 2. The van der Waals surface area contributed by atoms with Gasteiger partial charge in [0.1, 0.15) is 0 Å². The van der Waals surface area contributed by atoms with Crippen molar-refractivity contribution in [3.05, 3.63) is 0 Å². The maximum absolute atomic E-state index is 12.5. The Bertz CT molecular complexity index is 402. The summed E-state index contributed by atoms with van der Waals surface area (Å²) in [4.78, 5) is 27.6. The van der Waals surface area contributed by atoms with Crippen LogP contribution in [0.5, 0.6) is 0 Å². The minimum Gasteiger partial charge on any atom is -0.396 e. The molecule has 2 saturated heterocycles. The minimum absolute atomic E-state index is 0.0134. The Labute approximate surface area is 132 Å². The Balaban J connectivity index is 1.90. The first-order chi connectivity index (χ1) is 10.6. The number of hydrogen-bond acceptors (Lipinski definition) is 4. The van der Waals surface area contributed by atoms with Crippen molar-refractivity contribution in [2.24, 2.45) is 5.41 Å². The molecule has 2 heterocycles. The molecule has 6 nitrogen and oxygen atoms in total. The number of aliphatic hydroxyl groups is 1. The summed E-state index contributed by atoms with van der Waals surface area (Å²) in [6.45, 7) is 2.98. The molecule has 22 heavy (non-hydrogen) atoms. The molecule has 1 N–H and O–H groups in total. The van der Waals surface area contributed by atoms with Crippen molar-refractivity contribution in [2.45, 2.75) is 38.5 Å². The molecule has 0 aromatic heterocycles. The van der Waals surface area contributed by atoms with E-state index in [0.29, 0.717) is 26.1 Å². The lowest BCUT2D eigenvalue weighted by Gasteiger charge is -2.42. The molecule has 0 spiro atoms. The van der Waals surface area contributed by atoms with Crippen LogP contribution in [-0.4, -0.2) is 73.2 Å². The Hall–Kier alpha value is -1.14. The minimum atomic E-state index is -0.207. The van der Waals surface area contributed by atoms with Gasteiger partial charge in [0.05, 0.1) is 13.2 Å². The fraction of sp³-hybridized carbons (Fsp3) is 0.875. The second-order valence-corrected chi connectivity index (χ2v) is 6.59.